The molecule has 1 saturated heterocycles. The number of aryl methyl sites for hydroxylation is 2. The fourth-order valence-corrected chi connectivity index (χ4v) is 7.21. The van der Waals surface area contributed by atoms with Gasteiger partial charge < -0.3 is 10.3 Å². The first kappa shape index (κ1) is 17.7. The van der Waals surface area contributed by atoms with Crippen molar-refractivity contribution in [2.45, 2.75) is 51.9 Å². The fraction of sp³-hybridized carbons (Fsp3) is 0.478. The second-order valence-electron chi connectivity index (χ2n) is 9.28. The van der Waals surface area contributed by atoms with Gasteiger partial charge in [-0.25, -0.2) is 9.50 Å². The third-order valence-corrected chi connectivity index (χ3v) is 8.60. The third kappa shape index (κ3) is 2.36. The van der Waals surface area contributed by atoms with E-state index < -0.39 is 0 Å². The zero-order valence-electron chi connectivity index (χ0n) is 17.5. The summed E-state index contributed by atoms with van der Waals surface area (Å²) in [6.07, 6.45) is 6.38. The van der Waals surface area contributed by atoms with E-state index in [1.54, 1.807) is 11.2 Å². The Morgan fingerprint density at radius 3 is 2.97 bits per heavy atom. The van der Waals surface area contributed by atoms with Gasteiger partial charge >= 0.3 is 0 Å². The number of piperidine rings is 1. The molecule has 2 fully saturated rings. The van der Waals surface area contributed by atoms with Gasteiger partial charge in [0.05, 0.1) is 5.69 Å². The van der Waals surface area contributed by atoms with Crippen LogP contribution in [0.15, 0.2) is 18.6 Å². The molecule has 2 atom stereocenters. The van der Waals surface area contributed by atoms with E-state index in [1.165, 1.54) is 52.0 Å². The molecule has 1 saturated carbocycles. The molecule has 150 valence electrons. The Bertz CT molecular complexity index is 1260. The Balaban J connectivity index is 1.55. The highest BCUT2D eigenvalue weighted by atomic mass is 32.1. The van der Waals surface area contributed by atoms with Crippen LogP contribution in [0.4, 0.5) is 0 Å². The summed E-state index contributed by atoms with van der Waals surface area (Å²) in [5.74, 6) is 1.28. The van der Waals surface area contributed by atoms with Gasteiger partial charge in [-0.1, -0.05) is 13.8 Å². The second kappa shape index (κ2) is 5.92. The molecule has 0 spiro atoms. The van der Waals surface area contributed by atoms with Gasteiger partial charge in [0.1, 0.15) is 11.2 Å². The number of H-pyrrole nitrogens is 1. The number of fused-ring (bicyclic) bond motifs is 3. The van der Waals surface area contributed by atoms with Gasteiger partial charge in [0, 0.05) is 27.4 Å². The van der Waals surface area contributed by atoms with Crippen LogP contribution in [0, 0.1) is 19.8 Å². The average Bonchev–Trinajstić information content (AvgIpc) is 2.98. The molecule has 2 unspecified atom stereocenters. The molecular weight excluding hydrogens is 378 g/mol. The summed E-state index contributed by atoms with van der Waals surface area (Å²) in [4.78, 5) is 11.2. The highest BCUT2D eigenvalue weighted by molar-refractivity contribution is 7.19. The minimum Gasteiger partial charge on any atom is -0.346 e. The van der Waals surface area contributed by atoms with Crippen LogP contribution in [-0.2, 0) is 5.41 Å². The number of aromatic nitrogens is 4. The topological polar surface area (TPSA) is 58.0 Å². The summed E-state index contributed by atoms with van der Waals surface area (Å²) in [5, 5.41) is 9.42. The first-order chi connectivity index (χ1) is 14.0. The number of hydrogen-bond acceptors (Lipinski definition) is 4. The van der Waals surface area contributed by atoms with E-state index in [2.05, 4.69) is 60.3 Å². The van der Waals surface area contributed by atoms with E-state index in [9.17, 15) is 0 Å². The van der Waals surface area contributed by atoms with Gasteiger partial charge in [-0.2, -0.15) is 5.10 Å². The smallest absolute Gasteiger partial charge is 0.158 e. The van der Waals surface area contributed by atoms with Gasteiger partial charge in [-0.3, -0.25) is 0 Å². The molecule has 0 radical (unpaired) electrons. The Kier molecular flexibility index (Phi) is 3.61. The molecule has 2 N–H and O–H groups in total. The number of nitrogens with one attached hydrogen (secondary N) is 2. The maximum Gasteiger partial charge on any atom is 0.158 e. The molecule has 1 aliphatic carbocycles. The van der Waals surface area contributed by atoms with Gasteiger partial charge in [-0.15, -0.1) is 11.3 Å². The zero-order chi connectivity index (χ0) is 19.9. The maximum absolute atomic E-state index is 4.38. The van der Waals surface area contributed by atoms with Crippen LogP contribution in [0.1, 0.15) is 54.2 Å². The molecule has 6 heteroatoms. The molecule has 29 heavy (non-hydrogen) atoms. The van der Waals surface area contributed by atoms with Crippen LogP contribution in [0.25, 0.3) is 27.1 Å². The van der Waals surface area contributed by atoms with Crippen LogP contribution in [0.2, 0.25) is 0 Å². The summed E-state index contributed by atoms with van der Waals surface area (Å²) >= 11 is 2.01. The molecule has 0 aromatic carbocycles. The Morgan fingerprint density at radius 2 is 2.17 bits per heavy atom. The molecule has 0 amide bonds. The first-order valence-electron chi connectivity index (χ1n) is 10.7. The van der Waals surface area contributed by atoms with E-state index in [1.807, 2.05) is 15.9 Å². The molecule has 4 aromatic heterocycles. The zero-order valence-corrected chi connectivity index (χ0v) is 18.3. The quantitative estimate of drug-likeness (QED) is 0.508. The number of thiophene rings is 1. The molecule has 5 heterocycles. The van der Waals surface area contributed by atoms with Crippen LogP contribution in [-0.4, -0.2) is 32.7 Å². The van der Waals surface area contributed by atoms with Crippen molar-refractivity contribution in [3.8, 4) is 11.3 Å². The highest BCUT2D eigenvalue weighted by Gasteiger charge is 2.57. The summed E-state index contributed by atoms with van der Waals surface area (Å²) in [6.45, 7) is 11.4. The lowest BCUT2D eigenvalue weighted by molar-refractivity contribution is 0.449. The monoisotopic (exact) mass is 405 g/mol. The molecule has 0 bridgehead atoms. The predicted octanol–water partition coefficient (Wildman–Crippen LogP) is 4.93. The minimum absolute atomic E-state index is 0.449. The molecule has 4 aromatic rings. The average molecular weight is 406 g/mol. The lowest BCUT2D eigenvalue weighted by Gasteiger charge is -2.23. The SMILES string of the molecule is Cc1c(C23CCNCC2C3)sc2[nH]c(-c3cc(C)c4ncnn4c3)c(C(C)C)c12. The number of nitrogens with zero attached hydrogens (tertiary/aromatic N) is 3. The predicted molar refractivity (Wildman–Crippen MR) is 119 cm³/mol. The minimum atomic E-state index is 0.449. The van der Waals surface area contributed by atoms with E-state index in [0.29, 0.717) is 11.3 Å². The van der Waals surface area contributed by atoms with Crippen molar-refractivity contribution in [2.24, 2.45) is 5.92 Å². The summed E-state index contributed by atoms with van der Waals surface area (Å²) in [5.41, 5.74) is 7.92. The summed E-state index contributed by atoms with van der Waals surface area (Å²) in [7, 11) is 0. The summed E-state index contributed by atoms with van der Waals surface area (Å²) in [6, 6.07) is 2.24. The van der Waals surface area contributed by atoms with Crippen LogP contribution in [0.5, 0.6) is 0 Å². The van der Waals surface area contributed by atoms with Crippen LogP contribution in [0.3, 0.4) is 0 Å². The van der Waals surface area contributed by atoms with E-state index in [0.717, 1.165) is 23.7 Å². The molecular formula is C23H27N5S. The number of pyridine rings is 1. The molecule has 2 aliphatic rings. The number of rotatable bonds is 3. The largest absolute Gasteiger partial charge is 0.346 e. The van der Waals surface area contributed by atoms with E-state index in [4.69, 9.17) is 0 Å². The number of aromatic amines is 1. The van der Waals surface area contributed by atoms with Gasteiger partial charge in [0.15, 0.2) is 5.65 Å². The fourth-order valence-electron chi connectivity index (χ4n) is 5.68. The summed E-state index contributed by atoms with van der Waals surface area (Å²) < 4.78 is 1.89. The van der Waals surface area contributed by atoms with Gasteiger partial charge in [0.25, 0.3) is 0 Å². The third-order valence-electron chi connectivity index (χ3n) is 7.17. The van der Waals surface area contributed by atoms with E-state index in [-0.39, 0.29) is 0 Å². The van der Waals surface area contributed by atoms with Crippen molar-refractivity contribution < 1.29 is 0 Å². The molecule has 1 aliphatic heterocycles. The lowest BCUT2D eigenvalue weighted by Crippen LogP contribution is -2.31. The van der Waals surface area contributed by atoms with Crippen molar-refractivity contribution in [1.29, 1.82) is 0 Å². The Morgan fingerprint density at radius 1 is 1.31 bits per heavy atom. The maximum atomic E-state index is 4.38. The first-order valence-corrected chi connectivity index (χ1v) is 11.5. The van der Waals surface area contributed by atoms with Crippen LogP contribution < -0.4 is 5.32 Å². The van der Waals surface area contributed by atoms with E-state index >= 15 is 0 Å². The van der Waals surface area contributed by atoms with Crippen LogP contribution >= 0.6 is 11.3 Å². The van der Waals surface area contributed by atoms with Crippen molar-refractivity contribution in [3.05, 3.63) is 40.2 Å². The standard InChI is InChI=1S/C23H27N5S/c1-12(2)17-18-14(4)20(23-5-6-24-9-16(23)8-23)29-22(18)27-19(17)15-7-13(3)21-25-11-26-28(21)10-15/h7,10-12,16,24,27H,5-6,8-9H2,1-4H3. The lowest BCUT2D eigenvalue weighted by atomic mass is 9.89. The highest BCUT2D eigenvalue weighted by Crippen LogP contribution is 2.61. The van der Waals surface area contributed by atoms with Gasteiger partial charge in [0.2, 0.25) is 0 Å². The Labute approximate surface area is 174 Å². The molecule has 6 rings (SSSR count). The van der Waals surface area contributed by atoms with Crippen molar-refractivity contribution in [3.63, 3.8) is 0 Å². The van der Waals surface area contributed by atoms with Crippen molar-refractivity contribution in [2.75, 3.05) is 13.1 Å². The van der Waals surface area contributed by atoms with Crippen molar-refractivity contribution >= 4 is 27.2 Å². The van der Waals surface area contributed by atoms with Crippen molar-refractivity contribution in [1.82, 2.24) is 24.9 Å². The Hall–Kier alpha value is -2.18. The number of hydrogen-bond donors (Lipinski definition) is 2. The molecule has 5 nitrogen and oxygen atoms in total. The second-order valence-corrected chi connectivity index (χ2v) is 10.3. The normalized spacial score (nSPS) is 24.0. The van der Waals surface area contributed by atoms with Gasteiger partial charge in [-0.05, 0) is 74.4 Å².